The highest BCUT2D eigenvalue weighted by Gasteiger charge is 2.20. The van der Waals surface area contributed by atoms with Gasteiger partial charge in [0.2, 0.25) is 0 Å². The van der Waals surface area contributed by atoms with E-state index in [4.69, 9.17) is 5.73 Å². The van der Waals surface area contributed by atoms with Crippen LogP contribution in [0.4, 0.5) is 5.82 Å². The third-order valence-corrected chi connectivity index (χ3v) is 3.78. The van der Waals surface area contributed by atoms with Gasteiger partial charge in [0.05, 0.1) is 0 Å². The highest BCUT2D eigenvalue weighted by molar-refractivity contribution is 5.46. The van der Waals surface area contributed by atoms with Crippen LogP contribution in [-0.2, 0) is 6.42 Å². The molecule has 2 rings (SSSR count). The van der Waals surface area contributed by atoms with E-state index in [1.807, 2.05) is 13.1 Å². The van der Waals surface area contributed by atoms with Crippen LogP contribution < -0.4 is 10.6 Å². The Hall–Kier alpha value is -1.09. The van der Waals surface area contributed by atoms with Gasteiger partial charge < -0.3 is 10.6 Å². The minimum absolute atomic E-state index is 0.199. The molecule has 3 nitrogen and oxygen atoms in total. The molecule has 1 unspecified atom stereocenters. The van der Waals surface area contributed by atoms with Crippen molar-refractivity contribution in [3.05, 3.63) is 23.4 Å². The predicted molar refractivity (Wildman–Crippen MR) is 76.9 cm³/mol. The molecule has 1 aliphatic carbocycles. The average molecular weight is 247 g/mol. The van der Waals surface area contributed by atoms with Gasteiger partial charge in [-0.15, -0.1) is 0 Å². The van der Waals surface area contributed by atoms with Crippen molar-refractivity contribution in [3.8, 4) is 0 Å². The molecule has 18 heavy (non-hydrogen) atoms. The third-order valence-electron chi connectivity index (χ3n) is 3.78. The fourth-order valence-electron chi connectivity index (χ4n) is 2.66. The summed E-state index contributed by atoms with van der Waals surface area (Å²) in [6, 6.07) is 2.42. The number of pyridine rings is 1. The number of anilines is 1. The summed E-state index contributed by atoms with van der Waals surface area (Å²) >= 11 is 0. The number of aromatic nitrogens is 1. The summed E-state index contributed by atoms with van der Waals surface area (Å²) in [5, 5.41) is 0. The molecule has 3 heteroatoms. The molecular formula is C15H25N3. The van der Waals surface area contributed by atoms with Crippen LogP contribution >= 0.6 is 0 Å². The number of nitrogens with two attached hydrogens (primary N) is 1. The molecule has 0 amide bonds. The van der Waals surface area contributed by atoms with Crippen molar-refractivity contribution in [2.75, 3.05) is 18.5 Å². The molecule has 1 heterocycles. The van der Waals surface area contributed by atoms with Crippen LogP contribution in [0.5, 0.6) is 0 Å². The molecule has 100 valence electrons. The van der Waals surface area contributed by atoms with Gasteiger partial charge in [-0.25, -0.2) is 4.98 Å². The molecule has 0 saturated heterocycles. The summed E-state index contributed by atoms with van der Waals surface area (Å²) < 4.78 is 0. The average Bonchev–Trinajstić information content (AvgIpc) is 2.22. The lowest BCUT2D eigenvalue weighted by molar-refractivity contribution is 0.321. The van der Waals surface area contributed by atoms with Gasteiger partial charge >= 0.3 is 0 Å². The molecule has 1 saturated carbocycles. The molecule has 0 aliphatic heterocycles. The van der Waals surface area contributed by atoms with E-state index in [9.17, 15) is 0 Å². The normalized spacial score (nSPS) is 17.3. The van der Waals surface area contributed by atoms with Crippen LogP contribution in [0.25, 0.3) is 0 Å². The Bertz CT molecular complexity index is 397. The number of aryl methyl sites for hydroxylation is 1. The van der Waals surface area contributed by atoms with Crippen molar-refractivity contribution in [3.63, 3.8) is 0 Å². The van der Waals surface area contributed by atoms with E-state index >= 15 is 0 Å². The van der Waals surface area contributed by atoms with Crippen molar-refractivity contribution >= 4 is 5.82 Å². The molecule has 2 N–H and O–H groups in total. The number of hydrogen-bond acceptors (Lipinski definition) is 3. The Morgan fingerprint density at radius 2 is 2.22 bits per heavy atom. The van der Waals surface area contributed by atoms with Gasteiger partial charge in [-0.3, -0.25) is 0 Å². The Morgan fingerprint density at radius 1 is 1.50 bits per heavy atom. The third kappa shape index (κ3) is 3.22. The summed E-state index contributed by atoms with van der Waals surface area (Å²) in [6.45, 7) is 5.32. The van der Waals surface area contributed by atoms with Gasteiger partial charge in [0.15, 0.2) is 0 Å². The molecule has 1 fully saturated rings. The fourth-order valence-corrected chi connectivity index (χ4v) is 2.66. The van der Waals surface area contributed by atoms with Gasteiger partial charge in [-0.1, -0.05) is 12.5 Å². The maximum atomic E-state index is 5.83. The Balaban J connectivity index is 2.03. The number of nitrogens with zero attached hydrogens (tertiary/aromatic N) is 2. The van der Waals surface area contributed by atoms with E-state index in [1.54, 1.807) is 0 Å². The minimum Gasteiger partial charge on any atom is -0.359 e. The van der Waals surface area contributed by atoms with E-state index in [2.05, 4.69) is 29.9 Å². The smallest absolute Gasteiger partial charge is 0.131 e. The second kappa shape index (κ2) is 5.70. The first-order valence-electron chi connectivity index (χ1n) is 6.98. The van der Waals surface area contributed by atoms with Crippen LogP contribution in [0, 0.1) is 12.8 Å². The van der Waals surface area contributed by atoms with E-state index < -0.39 is 0 Å². The summed E-state index contributed by atoms with van der Waals surface area (Å²) in [7, 11) is 2.15. The first-order valence-corrected chi connectivity index (χ1v) is 6.98. The lowest BCUT2D eigenvalue weighted by atomic mass is 9.85. The Kier molecular flexibility index (Phi) is 4.23. The molecule has 1 aromatic heterocycles. The van der Waals surface area contributed by atoms with Crippen molar-refractivity contribution in [1.82, 2.24) is 4.98 Å². The van der Waals surface area contributed by atoms with E-state index in [0.29, 0.717) is 0 Å². The minimum atomic E-state index is 0.199. The zero-order chi connectivity index (χ0) is 13.1. The van der Waals surface area contributed by atoms with E-state index in [1.165, 1.54) is 30.4 Å². The summed E-state index contributed by atoms with van der Waals surface area (Å²) in [6.07, 6.45) is 7.04. The van der Waals surface area contributed by atoms with Crippen molar-refractivity contribution in [1.29, 1.82) is 0 Å². The molecule has 0 radical (unpaired) electrons. The van der Waals surface area contributed by atoms with Crippen LogP contribution in [0.15, 0.2) is 12.3 Å². The van der Waals surface area contributed by atoms with Crippen molar-refractivity contribution in [2.24, 2.45) is 11.7 Å². The van der Waals surface area contributed by atoms with Gasteiger partial charge in [0.1, 0.15) is 5.82 Å². The standard InChI is InChI=1S/C15H25N3/c1-11-7-14(8-12(2)16)9-17-15(11)18(3)10-13-5-4-6-13/h7,9,12-13H,4-6,8,10,16H2,1-3H3. The Morgan fingerprint density at radius 3 is 2.72 bits per heavy atom. The molecular weight excluding hydrogens is 222 g/mol. The molecule has 0 aromatic carbocycles. The fraction of sp³-hybridized carbons (Fsp3) is 0.667. The topological polar surface area (TPSA) is 42.1 Å². The summed E-state index contributed by atoms with van der Waals surface area (Å²) in [5.74, 6) is 2.00. The predicted octanol–water partition coefficient (Wildman–Crippen LogP) is 2.52. The monoisotopic (exact) mass is 247 g/mol. The van der Waals surface area contributed by atoms with Crippen LogP contribution in [-0.4, -0.2) is 24.6 Å². The lowest BCUT2D eigenvalue weighted by Gasteiger charge is -2.31. The second-order valence-electron chi connectivity index (χ2n) is 5.84. The number of rotatable bonds is 5. The first-order chi connectivity index (χ1) is 8.56. The Labute approximate surface area is 110 Å². The van der Waals surface area contributed by atoms with Crippen molar-refractivity contribution < 1.29 is 0 Å². The van der Waals surface area contributed by atoms with Crippen molar-refractivity contribution in [2.45, 2.75) is 45.6 Å². The molecule has 0 spiro atoms. The highest BCUT2D eigenvalue weighted by Crippen LogP contribution is 2.28. The summed E-state index contributed by atoms with van der Waals surface area (Å²) in [4.78, 5) is 6.91. The molecule has 0 bridgehead atoms. The van der Waals surface area contributed by atoms with Crippen LogP contribution in [0.3, 0.4) is 0 Å². The lowest BCUT2D eigenvalue weighted by Crippen LogP contribution is -2.30. The van der Waals surface area contributed by atoms with E-state index in [0.717, 1.165) is 24.7 Å². The summed E-state index contributed by atoms with van der Waals surface area (Å²) in [5.41, 5.74) is 8.32. The number of hydrogen-bond donors (Lipinski definition) is 1. The van der Waals surface area contributed by atoms with E-state index in [-0.39, 0.29) is 6.04 Å². The van der Waals surface area contributed by atoms with Gasteiger partial charge in [0.25, 0.3) is 0 Å². The maximum Gasteiger partial charge on any atom is 0.131 e. The van der Waals surface area contributed by atoms with Crippen LogP contribution in [0.2, 0.25) is 0 Å². The highest BCUT2D eigenvalue weighted by atomic mass is 15.2. The van der Waals surface area contributed by atoms with Crippen LogP contribution in [0.1, 0.15) is 37.3 Å². The SMILES string of the molecule is Cc1cc(CC(C)N)cnc1N(C)CC1CCC1. The zero-order valence-corrected chi connectivity index (χ0v) is 11.8. The largest absolute Gasteiger partial charge is 0.359 e. The van der Waals surface area contributed by atoms with Gasteiger partial charge in [-0.2, -0.15) is 0 Å². The molecule has 1 aromatic rings. The maximum absolute atomic E-state index is 5.83. The second-order valence-corrected chi connectivity index (χ2v) is 5.84. The first kappa shape index (κ1) is 13.3. The van der Waals surface area contributed by atoms with Gasteiger partial charge in [0, 0.05) is 25.8 Å². The molecule has 1 aliphatic rings. The quantitative estimate of drug-likeness (QED) is 0.869. The zero-order valence-electron chi connectivity index (χ0n) is 11.8. The molecule has 1 atom stereocenters. The van der Waals surface area contributed by atoms with Gasteiger partial charge in [-0.05, 0) is 50.2 Å².